The van der Waals surface area contributed by atoms with Crippen molar-refractivity contribution < 1.29 is 14.7 Å². The summed E-state index contributed by atoms with van der Waals surface area (Å²) in [6.45, 7) is 0.375. The maximum Gasteiger partial charge on any atom is 0.331 e. The van der Waals surface area contributed by atoms with Gasteiger partial charge in [-0.1, -0.05) is 17.7 Å². The van der Waals surface area contributed by atoms with Crippen LogP contribution in [0.1, 0.15) is 15.8 Å². The van der Waals surface area contributed by atoms with Gasteiger partial charge in [-0.15, -0.1) is 22.7 Å². The molecule has 0 aromatic carbocycles. The molecular formula is C13H13ClN2O3S2. The highest BCUT2D eigenvalue weighted by molar-refractivity contribution is 7.16. The number of halogens is 1. The van der Waals surface area contributed by atoms with E-state index in [1.54, 1.807) is 30.6 Å². The van der Waals surface area contributed by atoms with E-state index in [9.17, 15) is 14.7 Å². The topological polar surface area (TPSA) is 69.6 Å². The lowest BCUT2D eigenvalue weighted by molar-refractivity contribution is -0.139. The van der Waals surface area contributed by atoms with Crippen LogP contribution >= 0.6 is 34.3 Å². The van der Waals surface area contributed by atoms with Crippen LogP contribution < -0.4 is 5.32 Å². The Bertz CT molecular complexity index is 627. The van der Waals surface area contributed by atoms with E-state index in [2.05, 4.69) is 5.32 Å². The van der Waals surface area contributed by atoms with Crippen LogP contribution in [0, 0.1) is 0 Å². The predicted octanol–water partition coefficient (Wildman–Crippen LogP) is 3.43. The standard InChI is InChI=1S/C13H13ClN2O3S2/c1-16(7-8-4-5-10(14)21-8)13(19)15-11(12(17)18)9-3-2-6-20-9/h2-6,11H,7H2,1H3,(H,15,19)(H,17,18). The zero-order chi connectivity index (χ0) is 15.4. The second kappa shape index (κ2) is 6.93. The molecule has 0 aliphatic heterocycles. The van der Waals surface area contributed by atoms with Crippen LogP contribution in [-0.2, 0) is 11.3 Å². The van der Waals surface area contributed by atoms with Crippen LogP contribution in [0.5, 0.6) is 0 Å². The Morgan fingerprint density at radius 1 is 1.43 bits per heavy atom. The first-order valence-electron chi connectivity index (χ1n) is 5.99. The fourth-order valence-electron chi connectivity index (χ4n) is 1.69. The number of aliphatic carboxylic acids is 1. The number of thiophene rings is 2. The SMILES string of the molecule is CN(Cc1ccc(Cl)s1)C(=O)NC(C(=O)O)c1cccs1. The summed E-state index contributed by atoms with van der Waals surface area (Å²) in [5.74, 6) is -1.08. The molecule has 1 atom stereocenters. The number of hydrogen-bond acceptors (Lipinski definition) is 4. The van der Waals surface area contributed by atoms with Gasteiger partial charge in [0.15, 0.2) is 6.04 Å². The lowest BCUT2D eigenvalue weighted by atomic mass is 10.2. The minimum absolute atomic E-state index is 0.375. The summed E-state index contributed by atoms with van der Waals surface area (Å²) in [7, 11) is 1.61. The van der Waals surface area contributed by atoms with Crippen molar-refractivity contribution in [1.82, 2.24) is 10.2 Å². The van der Waals surface area contributed by atoms with Crippen molar-refractivity contribution in [3.8, 4) is 0 Å². The van der Waals surface area contributed by atoms with Gasteiger partial charge in [0, 0.05) is 16.8 Å². The Morgan fingerprint density at radius 3 is 2.71 bits per heavy atom. The molecule has 2 amide bonds. The molecule has 112 valence electrons. The number of hydrogen-bond donors (Lipinski definition) is 2. The lowest BCUT2D eigenvalue weighted by Gasteiger charge is -2.20. The van der Waals surface area contributed by atoms with Crippen molar-refractivity contribution in [2.45, 2.75) is 12.6 Å². The van der Waals surface area contributed by atoms with Gasteiger partial charge in [-0.05, 0) is 23.6 Å². The van der Waals surface area contributed by atoms with Crippen molar-refractivity contribution in [2.75, 3.05) is 7.05 Å². The van der Waals surface area contributed by atoms with Gasteiger partial charge in [0.1, 0.15) is 0 Å². The molecule has 0 aliphatic carbocycles. The molecule has 8 heteroatoms. The fraction of sp³-hybridized carbons (Fsp3) is 0.231. The van der Waals surface area contributed by atoms with Gasteiger partial charge in [-0.2, -0.15) is 0 Å². The van der Waals surface area contributed by atoms with E-state index in [4.69, 9.17) is 11.6 Å². The van der Waals surface area contributed by atoms with E-state index in [1.807, 2.05) is 6.07 Å². The molecule has 0 radical (unpaired) electrons. The van der Waals surface area contributed by atoms with Crippen molar-refractivity contribution in [3.05, 3.63) is 43.7 Å². The van der Waals surface area contributed by atoms with Crippen LogP contribution in [0.3, 0.4) is 0 Å². The summed E-state index contributed by atoms with van der Waals surface area (Å²) in [5, 5.41) is 13.5. The molecule has 0 bridgehead atoms. The molecule has 2 aromatic heterocycles. The molecule has 21 heavy (non-hydrogen) atoms. The van der Waals surface area contributed by atoms with Crippen molar-refractivity contribution in [1.29, 1.82) is 0 Å². The second-order valence-electron chi connectivity index (χ2n) is 4.30. The van der Waals surface area contributed by atoms with E-state index < -0.39 is 18.0 Å². The first kappa shape index (κ1) is 15.8. The fourth-order valence-corrected chi connectivity index (χ4v) is 3.59. The highest BCUT2D eigenvalue weighted by Crippen LogP contribution is 2.23. The van der Waals surface area contributed by atoms with Crippen molar-refractivity contribution in [3.63, 3.8) is 0 Å². The normalized spacial score (nSPS) is 11.9. The molecule has 1 unspecified atom stereocenters. The molecule has 0 fully saturated rings. The zero-order valence-corrected chi connectivity index (χ0v) is 13.5. The lowest BCUT2D eigenvalue weighted by Crippen LogP contribution is -2.41. The minimum atomic E-state index is -1.08. The van der Waals surface area contributed by atoms with E-state index in [1.165, 1.54) is 27.6 Å². The first-order chi connectivity index (χ1) is 9.97. The highest BCUT2D eigenvalue weighted by atomic mass is 35.5. The Morgan fingerprint density at radius 2 is 2.19 bits per heavy atom. The van der Waals surface area contributed by atoms with Gasteiger partial charge in [0.25, 0.3) is 0 Å². The molecule has 0 saturated carbocycles. The monoisotopic (exact) mass is 344 g/mol. The number of carbonyl (C=O) groups is 2. The van der Waals surface area contributed by atoms with E-state index >= 15 is 0 Å². The molecule has 2 N–H and O–H groups in total. The maximum atomic E-state index is 12.1. The van der Waals surface area contributed by atoms with Gasteiger partial charge >= 0.3 is 12.0 Å². The Balaban J connectivity index is 2.00. The van der Waals surface area contributed by atoms with Crippen LogP contribution in [0.4, 0.5) is 4.79 Å². The summed E-state index contributed by atoms with van der Waals surface area (Å²) >= 11 is 8.52. The Kier molecular flexibility index (Phi) is 5.22. The summed E-state index contributed by atoms with van der Waals surface area (Å²) in [6.07, 6.45) is 0. The summed E-state index contributed by atoms with van der Waals surface area (Å²) in [5.41, 5.74) is 0. The summed E-state index contributed by atoms with van der Waals surface area (Å²) < 4.78 is 0.654. The molecule has 0 aliphatic rings. The number of urea groups is 1. The number of amides is 2. The minimum Gasteiger partial charge on any atom is -0.479 e. The number of rotatable bonds is 5. The Labute approximate surface area is 134 Å². The highest BCUT2D eigenvalue weighted by Gasteiger charge is 2.24. The molecule has 0 saturated heterocycles. The van der Waals surface area contributed by atoms with Gasteiger partial charge < -0.3 is 15.3 Å². The first-order valence-corrected chi connectivity index (χ1v) is 8.07. The molecule has 0 spiro atoms. The van der Waals surface area contributed by atoms with Gasteiger partial charge in [0.2, 0.25) is 0 Å². The average molecular weight is 345 g/mol. The zero-order valence-electron chi connectivity index (χ0n) is 11.1. The number of nitrogens with zero attached hydrogens (tertiary/aromatic N) is 1. The van der Waals surface area contributed by atoms with Gasteiger partial charge in [-0.25, -0.2) is 9.59 Å². The van der Waals surface area contributed by atoms with Crippen molar-refractivity contribution in [2.24, 2.45) is 0 Å². The summed E-state index contributed by atoms with van der Waals surface area (Å²) in [6, 6.07) is 5.55. The second-order valence-corrected chi connectivity index (χ2v) is 7.08. The molecule has 5 nitrogen and oxygen atoms in total. The predicted molar refractivity (Wildman–Crippen MR) is 84.0 cm³/mol. The van der Waals surface area contributed by atoms with Gasteiger partial charge in [0.05, 0.1) is 10.9 Å². The molecular weight excluding hydrogens is 332 g/mol. The van der Waals surface area contributed by atoms with Crippen molar-refractivity contribution >= 4 is 46.3 Å². The third-order valence-corrected chi connectivity index (χ3v) is 4.86. The van der Waals surface area contributed by atoms with Crippen LogP contribution in [0.2, 0.25) is 4.34 Å². The largest absolute Gasteiger partial charge is 0.479 e. The van der Waals surface area contributed by atoms with E-state index in [0.717, 1.165) is 4.88 Å². The smallest absolute Gasteiger partial charge is 0.331 e. The Hall–Kier alpha value is -1.57. The van der Waals surface area contributed by atoms with Crippen LogP contribution in [0.15, 0.2) is 29.6 Å². The number of nitrogens with one attached hydrogen (secondary N) is 1. The molecule has 2 heterocycles. The quantitative estimate of drug-likeness (QED) is 0.873. The third kappa shape index (κ3) is 4.20. The van der Waals surface area contributed by atoms with Gasteiger partial charge in [-0.3, -0.25) is 0 Å². The van der Waals surface area contributed by atoms with Crippen LogP contribution in [-0.4, -0.2) is 29.1 Å². The molecule has 2 aromatic rings. The maximum absolute atomic E-state index is 12.1. The van der Waals surface area contributed by atoms with E-state index in [0.29, 0.717) is 15.8 Å². The summed E-state index contributed by atoms with van der Waals surface area (Å²) in [4.78, 5) is 26.3. The average Bonchev–Trinajstić information content (AvgIpc) is 3.07. The number of carbonyl (C=O) groups excluding carboxylic acids is 1. The molecule has 2 rings (SSSR count). The van der Waals surface area contributed by atoms with Crippen LogP contribution in [0.25, 0.3) is 0 Å². The van der Waals surface area contributed by atoms with E-state index in [-0.39, 0.29) is 0 Å². The third-order valence-electron chi connectivity index (χ3n) is 2.71. The number of carboxylic acid groups (broad SMARTS) is 1. The number of carboxylic acids is 1.